The lowest BCUT2D eigenvalue weighted by molar-refractivity contribution is -0.143. The summed E-state index contributed by atoms with van der Waals surface area (Å²) < 4.78 is 5.43. The fourth-order valence-corrected chi connectivity index (χ4v) is 4.96. The molecule has 4 N–H and O–H groups in total. The van der Waals surface area contributed by atoms with Gasteiger partial charge in [-0.3, -0.25) is 9.69 Å². The Morgan fingerprint density at radius 1 is 1.06 bits per heavy atom. The van der Waals surface area contributed by atoms with Crippen LogP contribution in [0.2, 0.25) is 0 Å². The largest absolute Gasteiger partial charge is 0.480 e. The molecule has 0 bridgehead atoms. The zero-order valence-electron chi connectivity index (χ0n) is 20.1. The van der Waals surface area contributed by atoms with E-state index in [0.717, 1.165) is 30.4 Å². The minimum atomic E-state index is -0.905. The minimum Gasteiger partial charge on any atom is -0.480 e. The summed E-state index contributed by atoms with van der Waals surface area (Å²) in [4.78, 5) is 26.8. The van der Waals surface area contributed by atoms with E-state index in [1.807, 2.05) is 65.6 Å². The monoisotopic (exact) mass is 467 g/mol. The average molecular weight is 468 g/mol. The van der Waals surface area contributed by atoms with Crippen molar-refractivity contribution in [3.05, 3.63) is 71.8 Å². The maximum absolute atomic E-state index is 12.7. The van der Waals surface area contributed by atoms with Gasteiger partial charge in [0.25, 0.3) is 0 Å². The molecule has 7 heteroatoms. The number of benzene rings is 2. The van der Waals surface area contributed by atoms with E-state index in [-0.39, 0.29) is 25.1 Å². The summed E-state index contributed by atoms with van der Waals surface area (Å²) >= 11 is 0. The van der Waals surface area contributed by atoms with E-state index in [9.17, 15) is 14.7 Å². The van der Waals surface area contributed by atoms with E-state index < -0.39 is 24.1 Å². The number of nitrogens with one attached hydrogen (secondary N) is 1. The summed E-state index contributed by atoms with van der Waals surface area (Å²) in [5.74, 6) is -0.458. The van der Waals surface area contributed by atoms with E-state index in [1.54, 1.807) is 0 Å². The zero-order chi connectivity index (χ0) is 24.5. The Labute approximate surface area is 202 Å². The lowest BCUT2D eigenvalue weighted by atomic mass is 9.89. The quantitative estimate of drug-likeness (QED) is 0.458. The molecule has 0 saturated carbocycles. The number of alkyl carbamates (subject to hydrolysis) is 1. The number of likely N-dealkylation sites (tertiary alicyclic amines) is 1. The van der Waals surface area contributed by atoms with Gasteiger partial charge in [-0.1, -0.05) is 87.4 Å². The molecule has 0 spiro atoms. The predicted molar refractivity (Wildman–Crippen MR) is 132 cm³/mol. The minimum absolute atomic E-state index is 0.153. The maximum Gasteiger partial charge on any atom is 0.407 e. The summed E-state index contributed by atoms with van der Waals surface area (Å²) in [6.45, 7) is 4.90. The zero-order valence-corrected chi connectivity index (χ0v) is 20.1. The van der Waals surface area contributed by atoms with Crippen LogP contribution in [0.1, 0.15) is 50.7 Å². The van der Waals surface area contributed by atoms with Crippen LogP contribution >= 0.6 is 0 Å². The van der Waals surface area contributed by atoms with Gasteiger partial charge in [-0.2, -0.15) is 0 Å². The van der Waals surface area contributed by atoms with Gasteiger partial charge in [-0.25, -0.2) is 4.79 Å². The highest BCUT2D eigenvalue weighted by molar-refractivity contribution is 5.75. The molecule has 0 aliphatic carbocycles. The van der Waals surface area contributed by atoms with Gasteiger partial charge in [-0.05, 0) is 29.9 Å². The second kappa shape index (κ2) is 12.5. The molecule has 7 nitrogen and oxygen atoms in total. The van der Waals surface area contributed by atoms with E-state index in [2.05, 4.69) is 19.2 Å². The fourth-order valence-electron chi connectivity index (χ4n) is 4.96. The predicted octanol–water partition coefficient (Wildman–Crippen LogP) is 4.16. The maximum atomic E-state index is 12.7. The smallest absolute Gasteiger partial charge is 0.407 e. The van der Waals surface area contributed by atoms with Crippen LogP contribution in [0.5, 0.6) is 0 Å². The van der Waals surface area contributed by atoms with Gasteiger partial charge in [0.2, 0.25) is 0 Å². The molecule has 2 aromatic rings. The third kappa shape index (κ3) is 6.81. The number of carbonyl (C=O) groups is 2. The van der Waals surface area contributed by atoms with E-state index in [4.69, 9.17) is 10.5 Å². The van der Waals surface area contributed by atoms with Gasteiger partial charge < -0.3 is 20.9 Å². The second-order valence-corrected chi connectivity index (χ2v) is 9.13. The number of nitrogens with zero attached hydrogens (tertiary/aromatic N) is 1. The molecule has 34 heavy (non-hydrogen) atoms. The lowest BCUT2D eigenvalue weighted by Crippen LogP contribution is -2.55. The van der Waals surface area contributed by atoms with Crippen molar-refractivity contribution >= 4 is 12.1 Å². The number of amides is 1. The summed E-state index contributed by atoms with van der Waals surface area (Å²) in [6.07, 6.45) is 2.51. The number of rotatable bonds is 11. The van der Waals surface area contributed by atoms with E-state index in [1.165, 1.54) is 0 Å². The second-order valence-electron chi connectivity index (χ2n) is 9.13. The lowest BCUT2D eigenvalue weighted by Gasteiger charge is -2.35. The first kappa shape index (κ1) is 25.7. The van der Waals surface area contributed by atoms with E-state index >= 15 is 0 Å². The van der Waals surface area contributed by atoms with Gasteiger partial charge in [0, 0.05) is 18.6 Å². The molecule has 3 rings (SSSR count). The van der Waals surface area contributed by atoms with Crippen LogP contribution in [-0.4, -0.2) is 46.2 Å². The highest BCUT2D eigenvalue weighted by Gasteiger charge is 2.48. The number of hydrogen-bond donors (Lipinski definition) is 3. The van der Waals surface area contributed by atoms with Crippen molar-refractivity contribution in [1.29, 1.82) is 0 Å². The van der Waals surface area contributed by atoms with Crippen LogP contribution in [0.3, 0.4) is 0 Å². The van der Waals surface area contributed by atoms with Gasteiger partial charge in [0.05, 0.1) is 6.04 Å². The number of hydrogen-bond acceptors (Lipinski definition) is 5. The number of ether oxygens (including phenoxy) is 1. The SMILES string of the molecule is CCC(CC)CC(N)C1C(NC(=O)OCc2ccccc2)C[C@@H](C(=O)O)N1Cc1ccccc1. The molecular weight excluding hydrogens is 430 g/mol. The van der Waals surface area contributed by atoms with Gasteiger partial charge in [0.1, 0.15) is 12.6 Å². The average Bonchev–Trinajstić information content (AvgIpc) is 3.20. The van der Waals surface area contributed by atoms with Crippen molar-refractivity contribution in [3.8, 4) is 0 Å². The molecule has 1 saturated heterocycles. The number of carboxylic acids is 1. The molecule has 1 fully saturated rings. The number of aliphatic carboxylic acids is 1. The van der Waals surface area contributed by atoms with Crippen molar-refractivity contribution in [2.24, 2.45) is 11.7 Å². The summed E-state index contributed by atoms with van der Waals surface area (Å²) in [5, 5.41) is 13.0. The highest BCUT2D eigenvalue weighted by Crippen LogP contribution is 2.31. The summed E-state index contributed by atoms with van der Waals surface area (Å²) in [7, 11) is 0. The first-order valence-electron chi connectivity index (χ1n) is 12.2. The van der Waals surface area contributed by atoms with Crippen molar-refractivity contribution in [2.45, 2.75) is 76.8 Å². The molecule has 1 aliphatic heterocycles. The fraction of sp³-hybridized carbons (Fsp3) is 0.481. The van der Waals surface area contributed by atoms with Gasteiger partial charge in [0.15, 0.2) is 0 Å². The topological polar surface area (TPSA) is 105 Å². The first-order chi connectivity index (χ1) is 16.4. The summed E-state index contributed by atoms with van der Waals surface area (Å²) in [6, 6.07) is 17.5. The molecule has 184 valence electrons. The molecule has 0 radical (unpaired) electrons. The third-order valence-corrected chi connectivity index (χ3v) is 6.88. The van der Waals surface area contributed by atoms with Crippen molar-refractivity contribution in [1.82, 2.24) is 10.2 Å². The van der Waals surface area contributed by atoms with Crippen molar-refractivity contribution in [2.75, 3.05) is 0 Å². The Kier molecular flexibility index (Phi) is 9.48. The Bertz CT molecular complexity index is 905. The third-order valence-electron chi connectivity index (χ3n) is 6.88. The molecule has 1 aliphatic rings. The van der Waals surface area contributed by atoms with Crippen LogP contribution in [0.4, 0.5) is 4.79 Å². The first-order valence-corrected chi connectivity index (χ1v) is 12.2. The van der Waals surface area contributed by atoms with Crippen LogP contribution in [-0.2, 0) is 22.7 Å². The van der Waals surface area contributed by atoms with Crippen LogP contribution < -0.4 is 11.1 Å². The van der Waals surface area contributed by atoms with Gasteiger partial charge >= 0.3 is 12.1 Å². The molecule has 0 aromatic heterocycles. The standard InChI is InChI=1S/C27H37N3O4/c1-3-19(4-2)15-22(28)25-23(29-27(33)34-18-21-13-9-6-10-14-21)16-24(26(31)32)30(25)17-20-11-7-5-8-12-20/h5-14,19,22-25H,3-4,15-18,28H2,1-2H3,(H,29,33)(H,31,32)/t22?,23?,24-,25?/m0/s1. The number of carbonyl (C=O) groups excluding carboxylic acids is 1. The Balaban J connectivity index is 1.79. The molecule has 2 aromatic carbocycles. The Hall–Kier alpha value is -2.90. The van der Waals surface area contributed by atoms with Crippen LogP contribution in [0.15, 0.2) is 60.7 Å². The Morgan fingerprint density at radius 2 is 1.65 bits per heavy atom. The summed E-state index contributed by atoms with van der Waals surface area (Å²) in [5.41, 5.74) is 8.65. The molecule has 3 unspecified atom stereocenters. The molecule has 1 heterocycles. The molecular formula is C27H37N3O4. The van der Waals surface area contributed by atoms with E-state index in [0.29, 0.717) is 12.5 Å². The number of carboxylic acid groups (broad SMARTS) is 1. The number of nitrogens with two attached hydrogens (primary N) is 1. The highest BCUT2D eigenvalue weighted by atomic mass is 16.5. The molecule has 1 amide bonds. The van der Waals surface area contributed by atoms with Crippen LogP contribution in [0.25, 0.3) is 0 Å². The van der Waals surface area contributed by atoms with Crippen LogP contribution in [0, 0.1) is 5.92 Å². The van der Waals surface area contributed by atoms with Crippen molar-refractivity contribution < 1.29 is 19.4 Å². The normalized spacial score (nSPS) is 21.4. The Morgan fingerprint density at radius 3 is 2.21 bits per heavy atom. The van der Waals surface area contributed by atoms with Gasteiger partial charge in [-0.15, -0.1) is 0 Å². The molecule has 4 atom stereocenters. The van der Waals surface area contributed by atoms with Crippen molar-refractivity contribution in [3.63, 3.8) is 0 Å².